The lowest BCUT2D eigenvalue weighted by Gasteiger charge is -2.43. The average Bonchev–Trinajstić information content (AvgIpc) is 2.95. The van der Waals surface area contributed by atoms with Crippen molar-refractivity contribution in [1.82, 2.24) is 20.1 Å². The molecule has 2 aliphatic heterocycles. The van der Waals surface area contributed by atoms with Gasteiger partial charge in [-0.25, -0.2) is 13.8 Å². The van der Waals surface area contributed by atoms with Crippen molar-refractivity contribution in [1.29, 1.82) is 0 Å². The largest absolute Gasteiger partial charge is 0.354 e. The number of likely N-dealkylation sites (tertiary alicyclic amines) is 1. The molecule has 1 N–H and O–H groups in total. The topological polar surface area (TPSA) is 51.7 Å². The van der Waals surface area contributed by atoms with Gasteiger partial charge in [0, 0.05) is 56.5 Å². The zero-order valence-corrected chi connectivity index (χ0v) is 22.9. The standard InChI is InChI=1S/C30H34ClF2N5O/c1-21-16-24(30(39)35-18-23-4-7-27(32)28(33)17-23)19-34-29(21)38-14-12-37(13-15-38)26-8-10-36(11-9-26)20-22-2-5-25(31)6-3-22/h2-7,16-17,19,26H,8-15,18,20H2,1H3,(H,35,39). The summed E-state index contributed by atoms with van der Waals surface area (Å²) in [4.78, 5) is 24.7. The van der Waals surface area contributed by atoms with Gasteiger partial charge in [-0.15, -0.1) is 0 Å². The molecule has 0 aliphatic carbocycles. The van der Waals surface area contributed by atoms with Crippen LogP contribution in [-0.2, 0) is 13.1 Å². The second kappa shape index (κ2) is 12.4. The smallest absolute Gasteiger partial charge is 0.253 e. The lowest BCUT2D eigenvalue weighted by Crippen LogP contribution is -2.53. The molecule has 0 radical (unpaired) electrons. The molecule has 0 atom stereocenters. The molecular weight excluding hydrogens is 520 g/mol. The molecule has 0 spiro atoms. The van der Waals surface area contributed by atoms with Crippen LogP contribution >= 0.6 is 11.6 Å². The fourth-order valence-electron chi connectivity index (χ4n) is 5.55. The summed E-state index contributed by atoms with van der Waals surface area (Å²) in [5.74, 6) is -1.22. The van der Waals surface area contributed by atoms with Crippen LogP contribution in [0.1, 0.15) is 39.9 Å². The highest BCUT2D eigenvalue weighted by atomic mass is 35.5. The van der Waals surface area contributed by atoms with Crippen molar-refractivity contribution < 1.29 is 13.6 Å². The van der Waals surface area contributed by atoms with E-state index in [0.29, 0.717) is 17.2 Å². The van der Waals surface area contributed by atoms with Gasteiger partial charge in [-0.1, -0.05) is 29.8 Å². The molecule has 0 bridgehead atoms. The molecule has 9 heteroatoms. The van der Waals surface area contributed by atoms with Crippen LogP contribution < -0.4 is 10.2 Å². The molecule has 0 unspecified atom stereocenters. The number of nitrogens with zero attached hydrogens (tertiary/aromatic N) is 4. The van der Waals surface area contributed by atoms with Crippen molar-refractivity contribution in [3.63, 3.8) is 0 Å². The van der Waals surface area contributed by atoms with Gasteiger partial charge in [-0.3, -0.25) is 14.6 Å². The Hall–Kier alpha value is -3.07. The SMILES string of the molecule is Cc1cc(C(=O)NCc2ccc(F)c(F)c2)cnc1N1CCN(C2CCN(Cc3ccc(Cl)cc3)CC2)CC1. The highest BCUT2D eigenvalue weighted by Gasteiger charge is 2.28. The first-order valence-corrected chi connectivity index (χ1v) is 13.9. The summed E-state index contributed by atoms with van der Waals surface area (Å²) in [5, 5.41) is 3.53. The van der Waals surface area contributed by atoms with Crippen molar-refractivity contribution in [2.45, 2.75) is 38.9 Å². The van der Waals surface area contributed by atoms with E-state index in [-0.39, 0.29) is 12.5 Å². The van der Waals surface area contributed by atoms with E-state index in [1.165, 1.54) is 24.5 Å². The molecule has 1 aromatic heterocycles. The van der Waals surface area contributed by atoms with E-state index < -0.39 is 11.6 Å². The predicted octanol–water partition coefficient (Wildman–Crippen LogP) is 5.04. The molecule has 2 aliphatic rings. The number of benzene rings is 2. The van der Waals surface area contributed by atoms with Gasteiger partial charge in [-0.2, -0.15) is 0 Å². The van der Waals surface area contributed by atoms with E-state index in [9.17, 15) is 13.6 Å². The minimum atomic E-state index is -0.927. The number of piperazine rings is 1. The van der Waals surface area contributed by atoms with Gasteiger partial charge in [0.05, 0.1) is 5.56 Å². The van der Waals surface area contributed by atoms with Crippen molar-refractivity contribution >= 4 is 23.3 Å². The molecule has 206 valence electrons. The number of nitrogens with one attached hydrogen (secondary N) is 1. The van der Waals surface area contributed by atoms with Crippen molar-refractivity contribution in [2.75, 3.05) is 44.2 Å². The van der Waals surface area contributed by atoms with Crippen LogP contribution in [0.2, 0.25) is 5.02 Å². The third-order valence-electron chi connectivity index (χ3n) is 7.76. The van der Waals surface area contributed by atoms with Gasteiger partial charge in [0.2, 0.25) is 0 Å². The van der Waals surface area contributed by atoms with Gasteiger partial charge in [-0.05, 0) is 79.9 Å². The minimum Gasteiger partial charge on any atom is -0.354 e. The maximum Gasteiger partial charge on any atom is 0.253 e. The number of amides is 1. The zero-order chi connectivity index (χ0) is 27.4. The zero-order valence-electron chi connectivity index (χ0n) is 22.2. The lowest BCUT2D eigenvalue weighted by molar-refractivity contribution is 0.0950. The van der Waals surface area contributed by atoms with E-state index in [1.54, 1.807) is 6.20 Å². The summed E-state index contributed by atoms with van der Waals surface area (Å²) in [6.45, 7) is 9.07. The maximum atomic E-state index is 13.4. The second-order valence-corrected chi connectivity index (χ2v) is 10.9. The van der Waals surface area contributed by atoms with E-state index in [2.05, 4.69) is 37.1 Å². The Morgan fingerprint density at radius 1 is 0.949 bits per heavy atom. The van der Waals surface area contributed by atoms with Crippen molar-refractivity contribution in [3.05, 3.63) is 93.6 Å². The summed E-state index contributed by atoms with van der Waals surface area (Å²) in [7, 11) is 0. The van der Waals surface area contributed by atoms with Crippen LogP contribution in [0.3, 0.4) is 0 Å². The number of hydrogen-bond donors (Lipinski definition) is 1. The molecule has 2 fully saturated rings. The van der Waals surface area contributed by atoms with Gasteiger partial charge in [0.15, 0.2) is 11.6 Å². The number of aromatic nitrogens is 1. The Kier molecular flexibility index (Phi) is 8.75. The summed E-state index contributed by atoms with van der Waals surface area (Å²) >= 11 is 6.01. The monoisotopic (exact) mass is 553 g/mol. The Morgan fingerprint density at radius 2 is 1.64 bits per heavy atom. The third kappa shape index (κ3) is 6.93. The van der Waals surface area contributed by atoms with Crippen LogP contribution in [0.5, 0.6) is 0 Å². The van der Waals surface area contributed by atoms with E-state index >= 15 is 0 Å². The number of anilines is 1. The number of carbonyl (C=O) groups is 1. The van der Waals surface area contributed by atoms with E-state index in [1.807, 2.05) is 25.1 Å². The number of piperidine rings is 1. The number of aryl methyl sites for hydroxylation is 1. The number of carbonyl (C=O) groups excluding carboxylic acids is 1. The Labute approximate surface area is 233 Å². The Bertz CT molecular complexity index is 1290. The molecule has 3 heterocycles. The number of hydrogen-bond acceptors (Lipinski definition) is 5. The van der Waals surface area contributed by atoms with Gasteiger partial charge in [0.25, 0.3) is 5.91 Å². The summed E-state index contributed by atoms with van der Waals surface area (Å²) in [6.07, 6.45) is 3.95. The van der Waals surface area contributed by atoms with Crippen LogP contribution in [0.25, 0.3) is 0 Å². The highest BCUT2D eigenvalue weighted by Crippen LogP contribution is 2.24. The normalized spacial score (nSPS) is 17.4. The first kappa shape index (κ1) is 27.5. The molecule has 6 nitrogen and oxygen atoms in total. The molecule has 0 saturated carbocycles. The van der Waals surface area contributed by atoms with Crippen LogP contribution in [0.4, 0.5) is 14.6 Å². The molecule has 3 aromatic rings. The number of rotatable bonds is 7. The van der Waals surface area contributed by atoms with Gasteiger partial charge in [0.1, 0.15) is 5.82 Å². The molecule has 1 amide bonds. The van der Waals surface area contributed by atoms with E-state index in [0.717, 1.165) is 74.3 Å². The molecule has 39 heavy (non-hydrogen) atoms. The second-order valence-electron chi connectivity index (χ2n) is 10.5. The Balaban J connectivity index is 1.08. The van der Waals surface area contributed by atoms with Crippen LogP contribution in [-0.4, -0.2) is 66.0 Å². The van der Waals surface area contributed by atoms with Crippen molar-refractivity contribution in [3.8, 4) is 0 Å². The lowest BCUT2D eigenvalue weighted by atomic mass is 10.0. The molecule has 2 aromatic carbocycles. The number of pyridine rings is 1. The van der Waals surface area contributed by atoms with Gasteiger partial charge < -0.3 is 10.2 Å². The first-order valence-electron chi connectivity index (χ1n) is 13.5. The van der Waals surface area contributed by atoms with Crippen LogP contribution in [0.15, 0.2) is 54.7 Å². The first-order chi connectivity index (χ1) is 18.9. The summed E-state index contributed by atoms with van der Waals surface area (Å²) < 4.78 is 26.5. The fourth-order valence-corrected chi connectivity index (χ4v) is 5.67. The molecule has 5 rings (SSSR count). The average molecular weight is 554 g/mol. The summed E-state index contributed by atoms with van der Waals surface area (Å²) in [6, 6.07) is 14.2. The van der Waals surface area contributed by atoms with Gasteiger partial charge >= 0.3 is 0 Å². The fraction of sp³-hybridized carbons (Fsp3) is 0.400. The molecule has 2 saturated heterocycles. The predicted molar refractivity (Wildman–Crippen MR) is 150 cm³/mol. The van der Waals surface area contributed by atoms with E-state index in [4.69, 9.17) is 11.6 Å². The highest BCUT2D eigenvalue weighted by molar-refractivity contribution is 6.30. The third-order valence-corrected chi connectivity index (χ3v) is 8.01. The minimum absolute atomic E-state index is 0.110. The van der Waals surface area contributed by atoms with Crippen LogP contribution in [0, 0.1) is 18.6 Å². The number of halogens is 3. The molecular formula is C30H34ClF2N5O. The maximum absolute atomic E-state index is 13.4. The Morgan fingerprint density at radius 3 is 2.31 bits per heavy atom. The summed E-state index contributed by atoms with van der Waals surface area (Å²) in [5.41, 5.74) is 3.19. The quantitative estimate of drug-likeness (QED) is 0.444. The van der Waals surface area contributed by atoms with Crippen molar-refractivity contribution in [2.24, 2.45) is 0 Å².